The lowest BCUT2D eigenvalue weighted by Gasteiger charge is -2.15. The number of primary amides is 1. The SMILES string of the molecule is CC(C1CC1)n1nccc1NC(=O)c1ccc(CNC(N)=O)cc1. The predicted octanol–water partition coefficient (Wildman–Crippen LogP) is 2.27. The predicted molar refractivity (Wildman–Crippen MR) is 90.5 cm³/mol. The summed E-state index contributed by atoms with van der Waals surface area (Å²) in [5.41, 5.74) is 6.45. The van der Waals surface area contributed by atoms with Crippen LogP contribution in [0.3, 0.4) is 0 Å². The van der Waals surface area contributed by atoms with E-state index < -0.39 is 6.03 Å². The Morgan fingerprint density at radius 2 is 2.00 bits per heavy atom. The van der Waals surface area contributed by atoms with Crippen molar-refractivity contribution in [3.8, 4) is 0 Å². The molecule has 0 spiro atoms. The Morgan fingerprint density at radius 1 is 1.29 bits per heavy atom. The lowest BCUT2D eigenvalue weighted by molar-refractivity contribution is 0.102. The number of nitrogens with two attached hydrogens (primary N) is 1. The van der Waals surface area contributed by atoms with Gasteiger partial charge in [0.25, 0.3) is 5.91 Å². The normalized spacial score (nSPS) is 14.9. The van der Waals surface area contributed by atoms with Crippen LogP contribution in [-0.4, -0.2) is 21.7 Å². The van der Waals surface area contributed by atoms with Gasteiger partial charge in [-0.05, 0) is 43.4 Å². The fraction of sp³-hybridized carbons (Fsp3) is 0.353. The van der Waals surface area contributed by atoms with Crippen molar-refractivity contribution in [2.75, 3.05) is 5.32 Å². The van der Waals surface area contributed by atoms with Crippen molar-refractivity contribution < 1.29 is 9.59 Å². The highest BCUT2D eigenvalue weighted by Gasteiger charge is 2.30. The van der Waals surface area contributed by atoms with Crippen molar-refractivity contribution in [3.63, 3.8) is 0 Å². The van der Waals surface area contributed by atoms with Crippen molar-refractivity contribution in [2.24, 2.45) is 11.7 Å². The average molecular weight is 327 g/mol. The number of amides is 3. The van der Waals surface area contributed by atoms with Crippen LogP contribution in [0.2, 0.25) is 0 Å². The van der Waals surface area contributed by atoms with Gasteiger partial charge in [0.15, 0.2) is 0 Å². The Hall–Kier alpha value is -2.83. The van der Waals surface area contributed by atoms with Crippen molar-refractivity contribution in [1.29, 1.82) is 0 Å². The molecule has 1 aromatic carbocycles. The molecular formula is C17H21N5O2. The molecule has 1 unspecified atom stereocenters. The molecule has 3 amide bonds. The molecule has 24 heavy (non-hydrogen) atoms. The molecule has 0 bridgehead atoms. The van der Waals surface area contributed by atoms with E-state index in [0.29, 0.717) is 23.8 Å². The van der Waals surface area contributed by atoms with Gasteiger partial charge in [0.05, 0.1) is 12.2 Å². The van der Waals surface area contributed by atoms with Gasteiger partial charge in [0, 0.05) is 18.2 Å². The third kappa shape index (κ3) is 3.73. The summed E-state index contributed by atoms with van der Waals surface area (Å²) in [7, 11) is 0. The zero-order valence-corrected chi connectivity index (χ0v) is 13.5. The standard InChI is InChI=1S/C17H21N5O2/c1-11(13-6-7-13)22-15(8-9-20-22)21-16(23)14-4-2-12(3-5-14)10-19-17(18)24/h2-5,8-9,11,13H,6-7,10H2,1H3,(H,21,23)(H3,18,19,24). The second-order valence-corrected chi connectivity index (χ2v) is 6.11. The van der Waals surface area contributed by atoms with Gasteiger partial charge in [-0.1, -0.05) is 12.1 Å². The van der Waals surface area contributed by atoms with E-state index in [9.17, 15) is 9.59 Å². The van der Waals surface area contributed by atoms with E-state index in [2.05, 4.69) is 22.7 Å². The summed E-state index contributed by atoms with van der Waals surface area (Å²) in [4.78, 5) is 23.1. The zero-order valence-electron chi connectivity index (χ0n) is 13.5. The maximum absolute atomic E-state index is 12.4. The Kier molecular flexibility index (Phi) is 4.50. The van der Waals surface area contributed by atoms with Gasteiger partial charge in [-0.25, -0.2) is 9.48 Å². The first-order valence-corrected chi connectivity index (χ1v) is 8.01. The molecule has 2 aromatic rings. The topological polar surface area (TPSA) is 102 Å². The summed E-state index contributed by atoms with van der Waals surface area (Å²) < 4.78 is 1.88. The molecule has 1 aliphatic rings. The van der Waals surface area contributed by atoms with Gasteiger partial charge < -0.3 is 16.4 Å². The molecule has 0 aliphatic heterocycles. The Morgan fingerprint density at radius 3 is 2.62 bits per heavy atom. The fourth-order valence-electron chi connectivity index (χ4n) is 2.67. The van der Waals surface area contributed by atoms with Crippen LogP contribution in [0.4, 0.5) is 10.6 Å². The second-order valence-electron chi connectivity index (χ2n) is 6.11. The van der Waals surface area contributed by atoms with Gasteiger partial charge >= 0.3 is 6.03 Å². The number of aromatic nitrogens is 2. The number of anilines is 1. The highest BCUT2D eigenvalue weighted by molar-refractivity contribution is 6.03. The molecule has 7 nitrogen and oxygen atoms in total. The fourth-order valence-corrected chi connectivity index (χ4v) is 2.67. The summed E-state index contributed by atoms with van der Waals surface area (Å²) in [5, 5.41) is 9.75. The minimum Gasteiger partial charge on any atom is -0.352 e. The molecule has 1 heterocycles. The van der Waals surface area contributed by atoms with Gasteiger partial charge in [0.1, 0.15) is 5.82 Å². The molecule has 1 aromatic heterocycles. The monoisotopic (exact) mass is 327 g/mol. The summed E-state index contributed by atoms with van der Waals surface area (Å²) in [6.07, 6.45) is 4.14. The van der Waals surface area contributed by atoms with Gasteiger partial charge in [-0.3, -0.25) is 4.79 Å². The summed E-state index contributed by atoms with van der Waals surface area (Å²) >= 11 is 0. The number of hydrogen-bond acceptors (Lipinski definition) is 3. The van der Waals surface area contributed by atoms with E-state index in [1.54, 1.807) is 30.5 Å². The molecule has 4 N–H and O–H groups in total. The highest BCUT2D eigenvalue weighted by Crippen LogP contribution is 2.40. The summed E-state index contributed by atoms with van der Waals surface area (Å²) in [6, 6.07) is 8.54. The molecule has 1 fully saturated rings. The quantitative estimate of drug-likeness (QED) is 0.758. The molecule has 1 atom stereocenters. The Labute approximate surface area is 140 Å². The average Bonchev–Trinajstić information content (AvgIpc) is 3.32. The minimum absolute atomic E-state index is 0.186. The van der Waals surface area contributed by atoms with Gasteiger partial charge in [-0.15, -0.1) is 0 Å². The van der Waals surface area contributed by atoms with Gasteiger partial charge in [-0.2, -0.15) is 5.10 Å². The molecule has 126 valence electrons. The van der Waals surface area contributed by atoms with E-state index in [0.717, 1.165) is 5.56 Å². The van der Waals surface area contributed by atoms with Crippen LogP contribution in [0.1, 0.15) is 41.7 Å². The first-order valence-electron chi connectivity index (χ1n) is 8.01. The number of nitrogens with zero attached hydrogens (tertiary/aromatic N) is 2. The minimum atomic E-state index is -0.574. The second kappa shape index (κ2) is 6.74. The van der Waals surface area contributed by atoms with Crippen LogP contribution in [0.15, 0.2) is 36.5 Å². The third-order valence-corrected chi connectivity index (χ3v) is 4.28. The number of carbonyl (C=O) groups excluding carboxylic acids is 2. The third-order valence-electron chi connectivity index (χ3n) is 4.28. The van der Waals surface area contributed by atoms with E-state index in [-0.39, 0.29) is 11.9 Å². The number of hydrogen-bond donors (Lipinski definition) is 3. The van der Waals surface area contributed by atoms with Crippen molar-refractivity contribution in [1.82, 2.24) is 15.1 Å². The molecule has 7 heteroatoms. The first kappa shape index (κ1) is 16.0. The van der Waals surface area contributed by atoms with Crippen LogP contribution in [-0.2, 0) is 6.54 Å². The van der Waals surface area contributed by atoms with Crippen LogP contribution in [0.5, 0.6) is 0 Å². The smallest absolute Gasteiger partial charge is 0.312 e. The summed E-state index contributed by atoms with van der Waals surface area (Å²) in [5.74, 6) is 1.17. The molecule has 1 saturated carbocycles. The first-order chi connectivity index (χ1) is 11.5. The van der Waals surface area contributed by atoms with E-state index in [1.165, 1.54) is 12.8 Å². The Bertz CT molecular complexity index is 734. The Balaban J connectivity index is 1.65. The molecule has 0 saturated heterocycles. The number of urea groups is 1. The number of nitrogens with one attached hydrogen (secondary N) is 2. The van der Waals surface area contributed by atoms with Crippen molar-refractivity contribution in [3.05, 3.63) is 47.7 Å². The van der Waals surface area contributed by atoms with E-state index >= 15 is 0 Å². The molecule has 0 radical (unpaired) electrons. The lowest BCUT2D eigenvalue weighted by atomic mass is 10.1. The van der Waals surface area contributed by atoms with Crippen LogP contribution < -0.4 is 16.4 Å². The number of benzene rings is 1. The van der Waals surface area contributed by atoms with Crippen molar-refractivity contribution in [2.45, 2.75) is 32.4 Å². The van der Waals surface area contributed by atoms with Crippen LogP contribution >= 0.6 is 0 Å². The largest absolute Gasteiger partial charge is 0.352 e. The van der Waals surface area contributed by atoms with Crippen molar-refractivity contribution >= 4 is 17.8 Å². The van der Waals surface area contributed by atoms with Crippen LogP contribution in [0, 0.1) is 5.92 Å². The van der Waals surface area contributed by atoms with E-state index in [1.807, 2.05) is 10.7 Å². The van der Waals surface area contributed by atoms with E-state index in [4.69, 9.17) is 5.73 Å². The maximum Gasteiger partial charge on any atom is 0.312 e. The highest BCUT2D eigenvalue weighted by atomic mass is 16.2. The summed E-state index contributed by atoms with van der Waals surface area (Å²) in [6.45, 7) is 2.46. The molecular weight excluding hydrogens is 306 g/mol. The molecule has 3 rings (SSSR count). The maximum atomic E-state index is 12.4. The zero-order chi connectivity index (χ0) is 17.1. The molecule has 1 aliphatic carbocycles. The number of carbonyl (C=O) groups is 2. The van der Waals surface area contributed by atoms with Gasteiger partial charge in [0.2, 0.25) is 0 Å². The lowest BCUT2D eigenvalue weighted by Crippen LogP contribution is -2.28. The number of rotatable bonds is 6. The van der Waals surface area contributed by atoms with Crippen LogP contribution in [0.25, 0.3) is 0 Å².